The van der Waals surface area contributed by atoms with Gasteiger partial charge in [-0.1, -0.05) is 39.1 Å². The fraction of sp³-hybridized carbons (Fsp3) is 0. The highest BCUT2D eigenvalue weighted by Gasteiger charge is 2.09. The van der Waals surface area contributed by atoms with Crippen LogP contribution in [0, 0.1) is 0 Å². The van der Waals surface area contributed by atoms with Gasteiger partial charge >= 0.3 is 0 Å². The molecule has 0 aliphatic heterocycles. The summed E-state index contributed by atoms with van der Waals surface area (Å²) in [7, 11) is 0. The van der Waals surface area contributed by atoms with Crippen molar-refractivity contribution in [1.29, 1.82) is 0 Å². The molecule has 0 amide bonds. The molecule has 0 fully saturated rings. The molecule has 0 aliphatic carbocycles. The third-order valence-corrected chi connectivity index (χ3v) is 4.18. The van der Waals surface area contributed by atoms with Gasteiger partial charge in [-0.15, -0.1) is 0 Å². The highest BCUT2D eigenvalue weighted by atomic mass is 79.9. The summed E-state index contributed by atoms with van der Waals surface area (Å²) in [6, 6.07) is 5.67. The van der Waals surface area contributed by atoms with Crippen LogP contribution in [-0.4, -0.2) is 4.98 Å². The Labute approximate surface area is 108 Å². The van der Waals surface area contributed by atoms with Crippen molar-refractivity contribution in [3.8, 4) is 0 Å². The van der Waals surface area contributed by atoms with Crippen LogP contribution in [-0.2, 0) is 0 Å². The van der Waals surface area contributed by atoms with Crippen molar-refractivity contribution in [2.75, 3.05) is 0 Å². The zero-order valence-electron chi connectivity index (χ0n) is 6.69. The number of benzene rings is 1. The van der Waals surface area contributed by atoms with Crippen molar-refractivity contribution < 1.29 is 0 Å². The summed E-state index contributed by atoms with van der Waals surface area (Å²) in [6.07, 6.45) is 0. The average Bonchev–Trinajstić information content (AvgIpc) is 2.16. The second-order valence-electron chi connectivity index (χ2n) is 2.69. The summed E-state index contributed by atoms with van der Waals surface area (Å²) in [5, 5.41) is 1.84. The molecule has 0 spiro atoms. The maximum absolute atomic E-state index is 6.11. The van der Waals surface area contributed by atoms with Gasteiger partial charge in [-0.25, -0.2) is 4.98 Å². The number of pyridine rings is 1. The lowest BCUT2D eigenvalue weighted by Crippen LogP contribution is -1.84. The van der Waals surface area contributed by atoms with Gasteiger partial charge in [-0.3, -0.25) is 0 Å². The van der Waals surface area contributed by atoms with E-state index in [1.54, 1.807) is 0 Å². The van der Waals surface area contributed by atoms with E-state index in [0.29, 0.717) is 14.6 Å². The lowest BCUT2D eigenvalue weighted by molar-refractivity contribution is 1.39. The number of nitrogens with zero attached hydrogens (tertiary/aromatic N) is 1. The van der Waals surface area contributed by atoms with Crippen molar-refractivity contribution in [3.63, 3.8) is 0 Å². The summed E-state index contributed by atoms with van der Waals surface area (Å²) in [5.41, 5.74) is 0.784. The predicted molar refractivity (Wildman–Crippen MR) is 67.2 cm³/mol. The number of aromatic nitrogens is 1. The van der Waals surface area contributed by atoms with E-state index in [0.717, 1.165) is 15.4 Å². The Balaban J connectivity index is 2.92. The van der Waals surface area contributed by atoms with Gasteiger partial charge < -0.3 is 0 Å². The van der Waals surface area contributed by atoms with E-state index in [9.17, 15) is 0 Å². The molecule has 0 atom stereocenters. The summed E-state index contributed by atoms with van der Waals surface area (Å²) < 4.78 is 1.59. The average molecular weight is 356 g/mol. The number of rotatable bonds is 0. The summed E-state index contributed by atoms with van der Waals surface area (Å²) in [6.45, 7) is 0. The van der Waals surface area contributed by atoms with Gasteiger partial charge in [0.05, 0.1) is 15.0 Å². The quantitative estimate of drug-likeness (QED) is 0.601. The number of halogens is 4. The Morgan fingerprint density at radius 1 is 1.14 bits per heavy atom. The van der Waals surface area contributed by atoms with Crippen LogP contribution in [0.2, 0.25) is 10.2 Å². The second kappa shape index (κ2) is 3.97. The van der Waals surface area contributed by atoms with Gasteiger partial charge in [0, 0.05) is 9.86 Å². The highest BCUT2D eigenvalue weighted by Crippen LogP contribution is 2.35. The van der Waals surface area contributed by atoms with Gasteiger partial charge in [0.2, 0.25) is 0 Å². The van der Waals surface area contributed by atoms with Gasteiger partial charge in [-0.2, -0.15) is 0 Å². The first-order chi connectivity index (χ1) is 6.59. The Morgan fingerprint density at radius 2 is 1.86 bits per heavy atom. The molecule has 0 radical (unpaired) electrons. The van der Waals surface area contributed by atoms with Gasteiger partial charge in [0.25, 0.3) is 0 Å². The maximum atomic E-state index is 6.11. The first-order valence-corrected chi connectivity index (χ1v) is 6.03. The van der Waals surface area contributed by atoms with E-state index in [2.05, 4.69) is 36.8 Å². The topological polar surface area (TPSA) is 12.9 Å². The van der Waals surface area contributed by atoms with E-state index in [1.807, 2.05) is 18.2 Å². The molecular formula is C9H3Br2Cl2N. The molecule has 14 heavy (non-hydrogen) atoms. The molecule has 0 unspecified atom stereocenters. The second-order valence-corrected chi connectivity index (χ2v) is 5.14. The fourth-order valence-corrected chi connectivity index (χ4v) is 2.28. The summed E-state index contributed by atoms with van der Waals surface area (Å²) in [5.74, 6) is 0. The zero-order valence-corrected chi connectivity index (χ0v) is 11.4. The lowest BCUT2D eigenvalue weighted by Gasteiger charge is -2.04. The highest BCUT2D eigenvalue weighted by molar-refractivity contribution is 9.11. The minimum atomic E-state index is 0.379. The molecule has 2 aromatic rings. The maximum Gasteiger partial charge on any atom is 0.145 e. The van der Waals surface area contributed by atoms with Crippen molar-refractivity contribution in [1.82, 2.24) is 4.98 Å². The molecule has 1 aromatic heterocycles. The van der Waals surface area contributed by atoms with Crippen LogP contribution in [0.4, 0.5) is 0 Å². The number of hydrogen-bond donors (Lipinski definition) is 0. The Kier molecular flexibility index (Phi) is 3.03. The van der Waals surface area contributed by atoms with Gasteiger partial charge in [-0.05, 0) is 34.1 Å². The smallest absolute Gasteiger partial charge is 0.145 e. The molecule has 0 aliphatic rings. The van der Waals surface area contributed by atoms with Gasteiger partial charge in [0.15, 0.2) is 0 Å². The van der Waals surface area contributed by atoms with E-state index >= 15 is 0 Å². The van der Waals surface area contributed by atoms with Crippen LogP contribution >= 0.6 is 55.1 Å². The summed E-state index contributed by atoms with van der Waals surface area (Å²) >= 11 is 18.6. The Bertz CT molecular complexity index is 514. The Hall–Kier alpha value is 0.170. The van der Waals surface area contributed by atoms with E-state index in [4.69, 9.17) is 23.2 Å². The molecule has 0 N–H and O–H groups in total. The van der Waals surface area contributed by atoms with Crippen molar-refractivity contribution in [2.45, 2.75) is 0 Å². The van der Waals surface area contributed by atoms with Crippen LogP contribution in [0.25, 0.3) is 10.9 Å². The SMILES string of the molecule is Clc1nc2ccc(Br)cc2c(Cl)c1Br. The van der Waals surface area contributed by atoms with Crippen LogP contribution in [0.15, 0.2) is 27.1 Å². The molecular weight excluding hydrogens is 353 g/mol. The monoisotopic (exact) mass is 353 g/mol. The van der Waals surface area contributed by atoms with Crippen LogP contribution < -0.4 is 0 Å². The molecule has 1 heterocycles. The van der Waals surface area contributed by atoms with E-state index < -0.39 is 0 Å². The zero-order chi connectivity index (χ0) is 10.3. The standard InChI is InChI=1S/C9H3Br2Cl2N/c10-4-1-2-6-5(3-4)8(12)7(11)9(13)14-6/h1-3H. The molecule has 0 bridgehead atoms. The molecule has 1 nitrogen and oxygen atoms in total. The molecule has 72 valence electrons. The van der Waals surface area contributed by atoms with Crippen LogP contribution in [0.1, 0.15) is 0 Å². The van der Waals surface area contributed by atoms with E-state index in [-0.39, 0.29) is 0 Å². The Morgan fingerprint density at radius 3 is 2.57 bits per heavy atom. The van der Waals surface area contributed by atoms with Crippen molar-refractivity contribution in [2.24, 2.45) is 0 Å². The normalized spacial score (nSPS) is 10.9. The van der Waals surface area contributed by atoms with Crippen molar-refractivity contribution in [3.05, 3.63) is 37.3 Å². The minimum absolute atomic E-state index is 0.379. The third kappa shape index (κ3) is 1.78. The van der Waals surface area contributed by atoms with Crippen molar-refractivity contribution >= 4 is 66.0 Å². The molecule has 2 rings (SSSR count). The molecule has 5 heteroatoms. The third-order valence-electron chi connectivity index (χ3n) is 1.79. The largest absolute Gasteiger partial charge is 0.235 e. The fourth-order valence-electron chi connectivity index (χ4n) is 1.15. The summed E-state index contributed by atoms with van der Waals surface area (Å²) in [4.78, 5) is 4.19. The lowest BCUT2D eigenvalue weighted by atomic mass is 10.2. The predicted octanol–water partition coefficient (Wildman–Crippen LogP) is 5.07. The molecule has 1 aromatic carbocycles. The van der Waals surface area contributed by atoms with Gasteiger partial charge in [0.1, 0.15) is 5.15 Å². The first-order valence-electron chi connectivity index (χ1n) is 3.69. The van der Waals surface area contributed by atoms with E-state index in [1.165, 1.54) is 0 Å². The van der Waals surface area contributed by atoms with Crippen LogP contribution in [0.3, 0.4) is 0 Å². The first kappa shape index (κ1) is 10.7. The number of fused-ring (bicyclic) bond motifs is 1. The minimum Gasteiger partial charge on any atom is -0.235 e. The number of hydrogen-bond acceptors (Lipinski definition) is 1. The molecule has 0 saturated heterocycles. The molecule has 0 saturated carbocycles. The van der Waals surface area contributed by atoms with Crippen LogP contribution in [0.5, 0.6) is 0 Å².